The Labute approximate surface area is 207 Å². The molecule has 0 fully saturated rings. The quantitative estimate of drug-likeness (QED) is 0.382. The van der Waals surface area contributed by atoms with Crippen LogP contribution in [0.25, 0.3) is 22.3 Å². The van der Waals surface area contributed by atoms with Crippen LogP contribution in [-0.4, -0.2) is 53.7 Å². The number of H-pyrrole nitrogens is 1. The number of benzene rings is 1. The Hall–Kier alpha value is -3.73. The highest BCUT2D eigenvalue weighted by molar-refractivity contribution is 7.90. The summed E-state index contributed by atoms with van der Waals surface area (Å²) in [6, 6.07) is 7.01. The fourth-order valence-corrected chi connectivity index (χ4v) is 5.14. The van der Waals surface area contributed by atoms with Crippen molar-refractivity contribution in [3.8, 4) is 22.8 Å². The smallest absolute Gasteiger partial charge is 0.328 e. The van der Waals surface area contributed by atoms with Crippen LogP contribution in [0.3, 0.4) is 0 Å². The van der Waals surface area contributed by atoms with Gasteiger partial charge in [-0.05, 0) is 55.7 Å². The maximum Gasteiger partial charge on any atom is 0.328 e. The fourth-order valence-electron chi connectivity index (χ4n) is 4.25. The molecule has 0 spiro atoms. The van der Waals surface area contributed by atoms with Crippen molar-refractivity contribution in [2.45, 2.75) is 26.8 Å². The molecule has 0 aliphatic heterocycles. The third kappa shape index (κ3) is 4.70. The van der Waals surface area contributed by atoms with E-state index in [4.69, 9.17) is 9.47 Å². The van der Waals surface area contributed by atoms with E-state index in [1.54, 1.807) is 51.2 Å². The Morgan fingerprint density at radius 3 is 2.56 bits per heavy atom. The summed E-state index contributed by atoms with van der Waals surface area (Å²) in [5.74, 6) is -0.163. The summed E-state index contributed by atoms with van der Waals surface area (Å²) in [5.41, 5.74) is 2.91. The molecule has 1 unspecified atom stereocenters. The number of fused-ring (bicyclic) bond motifs is 1. The van der Waals surface area contributed by atoms with Gasteiger partial charge in [0.15, 0.2) is 11.4 Å². The molecular weight excluding hydrogens is 487 g/mol. The number of aromatic nitrogens is 4. The average molecular weight is 515 g/mol. The van der Waals surface area contributed by atoms with Gasteiger partial charge in [0.05, 0.1) is 36.7 Å². The number of ether oxygens (including phenoxy) is 2. The minimum absolute atomic E-state index is 0.192. The lowest BCUT2D eigenvalue weighted by atomic mass is 9.97. The second-order valence-corrected chi connectivity index (χ2v) is 10.7. The van der Waals surface area contributed by atoms with E-state index in [2.05, 4.69) is 15.0 Å². The van der Waals surface area contributed by atoms with E-state index >= 15 is 0 Å². The number of rotatable bonds is 8. The first-order chi connectivity index (χ1) is 17.1. The van der Waals surface area contributed by atoms with Crippen molar-refractivity contribution in [3.05, 3.63) is 69.7 Å². The number of sulfone groups is 1. The highest BCUT2D eigenvalue weighted by atomic mass is 32.2. The van der Waals surface area contributed by atoms with Gasteiger partial charge in [0.1, 0.15) is 15.7 Å². The van der Waals surface area contributed by atoms with E-state index in [1.807, 2.05) is 0 Å². The zero-order valence-electron chi connectivity index (χ0n) is 20.6. The van der Waals surface area contributed by atoms with Crippen molar-refractivity contribution in [1.29, 1.82) is 0 Å². The summed E-state index contributed by atoms with van der Waals surface area (Å²) in [5, 5.41) is 0. The predicted octanol–water partition coefficient (Wildman–Crippen LogP) is 3.58. The molecule has 11 heteroatoms. The summed E-state index contributed by atoms with van der Waals surface area (Å²) < 4.78 is 51.1. The van der Waals surface area contributed by atoms with Crippen LogP contribution >= 0.6 is 0 Å². The molecule has 9 nitrogen and oxygen atoms in total. The van der Waals surface area contributed by atoms with Gasteiger partial charge in [-0.25, -0.2) is 27.6 Å². The van der Waals surface area contributed by atoms with E-state index in [0.717, 1.165) is 6.26 Å². The molecule has 4 rings (SSSR count). The number of nitrogens with one attached hydrogen (secondary N) is 1. The minimum Gasteiger partial charge on any atom is -0.491 e. The van der Waals surface area contributed by atoms with Crippen molar-refractivity contribution in [3.63, 3.8) is 0 Å². The molecule has 1 atom stereocenters. The molecule has 0 radical (unpaired) electrons. The van der Waals surface area contributed by atoms with Crippen molar-refractivity contribution in [1.82, 2.24) is 19.5 Å². The van der Waals surface area contributed by atoms with Gasteiger partial charge in [-0.1, -0.05) is 12.1 Å². The standard InChI is InChI=1S/C25H27FN4O5S/c1-6-35-24-21(34-4)11-10-19(28-24)20(13-36(5,32)33)30-23-22(29-25(30)31)15(3)17(12-27-23)16-8-7-9-18(26)14(16)2/h7-12,20H,6,13H2,1-5H3,(H,29,31). The van der Waals surface area contributed by atoms with Gasteiger partial charge in [-0.3, -0.25) is 4.57 Å². The summed E-state index contributed by atoms with van der Waals surface area (Å²) in [7, 11) is -2.08. The van der Waals surface area contributed by atoms with Gasteiger partial charge in [-0.15, -0.1) is 0 Å². The topological polar surface area (TPSA) is 116 Å². The third-order valence-electron chi connectivity index (χ3n) is 6.02. The molecular formula is C25H27FN4O5S. The predicted molar refractivity (Wildman–Crippen MR) is 135 cm³/mol. The number of aryl methyl sites for hydroxylation is 1. The number of hydrogen-bond acceptors (Lipinski definition) is 7. The van der Waals surface area contributed by atoms with Gasteiger partial charge >= 0.3 is 5.69 Å². The van der Waals surface area contributed by atoms with Crippen LogP contribution in [0.1, 0.15) is 29.8 Å². The second-order valence-electron chi connectivity index (χ2n) is 8.49. The van der Waals surface area contributed by atoms with Crippen molar-refractivity contribution >= 4 is 21.0 Å². The van der Waals surface area contributed by atoms with Crippen LogP contribution in [0.2, 0.25) is 0 Å². The number of imidazole rings is 1. The average Bonchev–Trinajstić information content (AvgIpc) is 3.16. The molecule has 1 aromatic carbocycles. The Bertz CT molecular complexity index is 1610. The number of nitrogens with zero attached hydrogens (tertiary/aromatic N) is 3. The minimum atomic E-state index is -3.55. The molecule has 4 aromatic rings. The lowest BCUT2D eigenvalue weighted by molar-refractivity contribution is 0.296. The molecule has 0 saturated carbocycles. The van der Waals surface area contributed by atoms with Gasteiger partial charge in [0, 0.05) is 18.0 Å². The summed E-state index contributed by atoms with van der Waals surface area (Å²) in [6.45, 7) is 5.58. The summed E-state index contributed by atoms with van der Waals surface area (Å²) in [6.07, 6.45) is 2.66. The van der Waals surface area contributed by atoms with Gasteiger partial charge in [0.25, 0.3) is 5.88 Å². The molecule has 3 heterocycles. The first kappa shape index (κ1) is 25.4. The molecule has 0 aliphatic rings. The maximum absolute atomic E-state index is 14.2. The number of pyridine rings is 2. The monoisotopic (exact) mass is 514 g/mol. The normalized spacial score (nSPS) is 12.6. The zero-order valence-corrected chi connectivity index (χ0v) is 21.4. The molecule has 36 heavy (non-hydrogen) atoms. The Kier molecular flexibility index (Phi) is 6.85. The van der Waals surface area contributed by atoms with E-state index in [0.29, 0.717) is 45.8 Å². The number of methoxy groups -OCH3 is 1. The van der Waals surface area contributed by atoms with E-state index in [9.17, 15) is 17.6 Å². The van der Waals surface area contributed by atoms with Crippen LogP contribution in [0.15, 0.2) is 41.3 Å². The first-order valence-corrected chi connectivity index (χ1v) is 13.3. The third-order valence-corrected chi connectivity index (χ3v) is 6.94. The molecule has 190 valence electrons. The highest BCUT2D eigenvalue weighted by Crippen LogP contribution is 2.33. The largest absolute Gasteiger partial charge is 0.491 e. The van der Waals surface area contributed by atoms with Crippen molar-refractivity contribution in [2.75, 3.05) is 25.7 Å². The van der Waals surface area contributed by atoms with E-state index in [-0.39, 0.29) is 17.3 Å². The number of halogens is 1. The number of aromatic amines is 1. The van der Waals surface area contributed by atoms with Crippen LogP contribution in [-0.2, 0) is 9.84 Å². The van der Waals surface area contributed by atoms with E-state index < -0.39 is 27.3 Å². The van der Waals surface area contributed by atoms with Crippen LogP contribution in [0, 0.1) is 19.7 Å². The van der Waals surface area contributed by atoms with Crippen molar-refractivity contribution in [2.24, 2.45) is 0 Å². The summed E-state index contributed by atoms with van der Waals surface area (Å²) >= 11 is 0. The number of hydrogen-bond donors (Lipinski definition) is 1. The molecule has 3 aromatic heterocycles. The van der Waals surface area contributed by atoms with Crippen LogP contribution < -0.4 is 15.2 Å². The molecule has 0 saturated heterocycles. The first-order valence-electron chi connectivity index (χ1n) is 11.3. The Morgan fingerprint density at radius 2 is 1.89 bits per heavy atom. The molecule has 1 N–H and O–H groups in total. The van der Waals surface area contributed by atoms with E-state index in [1.165, 1.54) is 17.7 Å². The van der Waals surface area contributed by atoms with Gasteiger partial charge in [0.2, 0.25) is 0 Å². The molecule has 0 aliphatic carbocycles. The second kappa shape index (κ2) is 9.73. The lowest BCUT2D eigenvalue weighted by Gasteiger charge is -2.19. The Balaban J connectivity index is 1.94. The molecule has 0 bridgehead atoms. The fraction of sp³-hybridized carbons (Fsp3) is 0.320. The molecule has 0 amide bonds. The maximum atomic E-state index is 14.2. The SMILES string of the molecule is CCOc1nc(C(CS(C)(=O)=O)n2c(=O)[nH]c3c(C)c(-c4cccc(F)c4C)cnc32)ccc1OC. The van der Waals surface area contributed by atoms with Crippen LogP contribution in [0.5, 0.6) is 11.6 Å². The van der Waals surface area contributed by atoms with Crippen molar-refractivity contribution < 1.29 is 22.3 Å². The highest BCUT2D eigenvalue weighted by Gasteiger charge is 2.27. The zero-order chi connectivity index (χ0) is 26.2. The lowest BCUT2D eigenvalue weighted by Crippen LogP contribution is -2.29. The van der Waals surface area contributed by atoms with Crippen LogP contribution in [0.4, 0.5) is 4.39 Å². The van der Waals surface area contributed by atoms with Gasteiger partial charge < -0.3 is 14.5 Å². The Morgan fingerprint density at radius 1 is 1.14 bits per heavy atom. The summed E-state index contributed by atoms with van der Waals surface area (Å²) in [4.78, 5) is 25.0. The van der Waals surface area contributed by atoms with Gasteiger partial charge in [-0.2, -0.15) is 0 Å².